The lowest BCUT2D eigenvalue weighted by Gasteiger charge is -2.11. The van der Waals surface area contributed by atoms with Crippen molar-refractivity contribution in [1.82, 2.24) is 0 Å². The van der Waals surface area contributed by atoms with E-state index in [2.05, 4.69) is 0 Å². The zero-order valence-electron chi connectivity index (χ0n) is 11.6. The maximum Gasteiger partial charge on any atom is 0.303 e. The van der Waals surface area contributed by atoms with E-state index in [1.165, 1.54) is 0 Å². The van der Waals surface area contributed by atoms with E-state index in [1.807, 2.05) is 30.3 Å². The molecule has 110 valence electrons. The average Bonchev–Trinajstić information content (AvgIpc) is 2.52. The van der Waals surface area contributed by atoms with Crippen molar-refractivity contribution in [1.29, 1.82) is 0 Å². The van der Waals surface area contributed by atoms with Crippen LogP contribution in [0.15, 0.2) is 54.6 Å². The minimum absolute atomic E-state index is 0.0482. The van der Waals surface area contributed by atoms with Crippen molar-refractivity contribution in [2.24, 2.45) is 0 Å². The summed E-state index contributed by atoms with van der Waals surface area (Å²) in [6.45, 7) is 0.488. The van der Waals surface area contributed by atoms with Crippen LogP contribution in [-0.4, -0.2) is 16.2 Å². The zero-order chi connectivity index (χ0) is 15.1. The van der Waals surface area contributed by atoms with Gasteiger partial charge in [0.1, 0.15) is 12.4 Å². The maximum atomic E-state index is 10.5. The number of aliphatic carboxylic acids is 1. The highest BCUT2D eigenvalue weighted by molar-refractivity contribution is 5.66. The van der Waals surface area contributed by atoms with Gasteiger partial charge in [-0.1, -0.05) is 42.5 Å². The summed E-state index contributed by atoms with van der Waals surface area (Å²) < 4.78 is 5.65. The molecule has 0 aliphatic carbocycles. The summed E-state index contributed by atoms with van der Waals surface area (Å²) in [4.78, 5) is 10.5. The van der Waals surface area contributed by atoms with Crippen molar-refractivity contribution in [3.05, 3.63) is 65.7 Å². The molecule has 0 saturated carbocycles. The molecule has 0 heterocycles. The zero-order valence-corrected chi connectivity index (χ0v) is 11.6. The molecule has 1 atom stereocenters. The van der Waals surface area contributed by atoms with Crippen LogP contribution in [0.3, 0.4) is 0 Å². The van der Waals surface area contributed by atoms with E-state index in [0.29, 0.717) is 17.9 Å². The first-order chi connectivity index (χ1) is 10.1. The normalized spacial score (nSPS) is 11.9. The number of carboxylic acids is 1. The van der Waals surface area contributed by atoms with E-state index in [9.17, 15) is 9.90 Å². The highest BCUT2D eigenvalue weighted by atomic mass is 16.5. The third-order valence-electron chi connectivity index (χ3n) is 3.14. The van der Waals surface area contributed by atoms with Gasteiger partial charge in [-0.2, -0.15) is 0 Å². The quantitative estimate of drug-likeness (QED) is 0.820. The smallest absolute Gasteiger partial charge is 0.303 e. The highest BCUT2D eigenvalue weighted by Gasteiger charge is 2.09. The van der Waals surface area contributed by atoms with E-state index in [-0.39, 0.29) is 12.8 Å². The molecule has 0 saturated heterocycles. The van der Waals surface area contributed by atoms with Crippen molar-refractivity contribution in [2.45, 2.75) is 25.6 Å². The van der Waals surface area contributed by atoms with E-state index in [1.54, 1.807) is 24.3 Å². The molecule has 0 spiro atoms. The van der Waals surface area contributed by atoms with Gasteiger partial charge in [0.15, 0.2) is 0 Å². The summed E-state index contributed by atoms with van der Waals surface area (Å²) in [5.41, 5.74) is 1.78. The van der Waals surface area contributed by atoms with Gasteiger partial charge in [-0.15, -0.1) is 0 Å². The van der Waals surface area contributed by atoms with Gasteiger partial charge in [-0.3, -0.25) is 4.79 Å². The Bertz CT molecular complexity index is 563. The molecule has 1 unspecified atom stereocenters. The molecule has 4 nitrogen and oxygen atoms in total. The van der Waals surface area contributed by atoms with Crippen molar-refractivity contribution in [3.8, 4) is 5.75 Å². The van der Waals surface area contributed by atoms with Crippen molar-refractivity contribution < 1.29 is 19.7 Å². The van der Waals surface area contributed by atoms with Crippen LogP contribution in [-0.2, 0) is 11.4 Å². The Kier molecular flexibility index (Phi) is 5.35. The molecule has 2 rings (SSSR count). The number of aliphatic hydroxyl groups excluding tert-OH is 1. The molecule has 0 radical (unpaired) electrons. The number of hydrogen-bond acceptors (Lipinski definition) is 3. The summed E-state index contributed by atoms with van der Waals surface area (Å²) in [5, 5.41) is 18.5. The number of carbonyl (C=O) groups is 1. The minimum Gasteiger partial charge on any atom is -0.489 e. The molecular weight excluding hydrogens is 268 g/mol. The van der Waals surface area contributed by atoms with Gasteiger partial charge < -0.3 is 14.9 Å². The molecule has 0 bridgehead atoms. The van der Waals surface area contributed by atoms with Crippen LogP contribution in [0.25, 0.3) is 0 Å². The Morgan fingerprint density at radius 2 is 1.71 bits per heavy atom. The van der Waals surface area contributed by atoms with Crippen LogP contribution >= 0.6 is 0 Å². The molecule has 2 aromatic rings. The molecule has 0 amide bonds. The standard InChI is InChI=1S/C17H18O4/c18-16(10-11-17(19)20)14-6-8-15(9-7-14)21-12-13-4-2-1-3-5-13/h1-9,16,18H,10-12H2,(H,19,20). The second-order valence-corrected chi connectivity index (χ2v) is 4.79. The van der Waals surface area contributed by atoms with Gasteiger partial charge in [0, 0.05) is 6.42 Å². The number of benzene rings is 2. The lowest BCUT2D eigenvalue weighted by Crippen LogP contribution is -2.02. The lowest BCUT2D eigenvalue weighted by atomic mass is 10.1. The van der Waals surface area contributed by atoms with Crippen LogP contribution in [0.5, 0.6) is 5.75 Å². The van der Waals surface area contributed by atoms with Gasteiger partial charge >= 0.3 is 5.97 Å². The maximum absolute atomic E-state index is 10.5. The minimum atomic E-state index is -0.906. The van der Waals surface area contributed by atoms with Crippen molar-refractivity contribution >= 4 is 5.97 Å². The van der Waals surface area contributed by atoms with E-state index in [0.717, 1.165) is 5.56 Å². The summed E-state index contributed by atoms with van der Waals surface area (Å²) in [5.74, 6) is -0.190. The fourth-order valence-corrected chi connectivity index (χ4v) is 1.95. The molecule has 0 aromatic heterocycles. The summed E-state index contributed by atoms with van der Waals surface area (Å²) in [6, 6.07) is 16.9. The Balaban J connectivity index is 1.88. The number of ether oxygens (including phenoxy) is 1. The Hall–Kier alpha value is -2.33. The van der Waals surface area contributed by atoms with Crippen LogP contribution in [0.2, 0.25) is 0 Å². The molecule has 0 fully saturated rings. The van der Waals surface area contributed by atoms with Gasteiger partial charge in [0.2, 0.25) is 0 Å². The first-order valence-electron chi connectivity index (χ1n) is 6.81. The van der Waals surface area contributed by atoms with Crippen LogP contribution < -0.4 is 4.74 Å². The number of aliphatic hydroxyl groups is 1. The first-order valence-corrected chi connectivity index (χ1v) is 6.81. The van der Waals surface area contributed by atoms with E-state index in [4.69, 9.17) is 9.84 Å². The largest absolute Gasteiger partial charge is 0.489 e. The predicted octanol–water partition coefficient (Wildman–Crippen LogP) is 3.16. The second kappa shape index (κ2) is 7.45. The average molecular weight is 286 g/mol. The fourth-order valence-electron chi connectivity index (χ4n) is 1.95. The molecule has 0 aliphatic rings. The van der Waals surface area contributed by atoms with Gasteiger partial charge in [0.05, 0.1) is 6.10 Å². The summed E-state index contributed by atoms with van der Waals surface area (Å²) in [7, 11) is 0. The molecule has 4 heteroatoms. The first kappa shape index (κ1) is 15.1. The second-order valence-electron chi connectivity index (χ2n) is 4.79. The van der Waals surface area contributed by atoms with Crippen molar-refractivity contribution in [2.75, 3.05) is 0 Å². The molecule has 21 heavy (non-hydrogen) atoms. The Labute approximate surface area is 123 Å². The molecule has 2 N–H and O–H groups in total. The van der Waals surface area contributed by atoms with Gasteiger partial charge in [0.25, 0.3) is 0 Å². The van der Waals surface area contributed by atoms with Gasteiger partial charge in [-0.05, 0) is 29.7 Å². The van der Waals surface area contributed by atoms with Crippen LogP contribution in [0.4, 0.5) is 0 Å². The monoisotopic (exact) mass is 286 g/mol. The fraction of sp³-hybridized carbons (Fsp3) is 0.235. The molecular formula is C17H18O4. The third-order valence-corrected chi connectivity index (χ3v) is 3.14. The Morgan fingerprint density at radius 3 is 2.33 bits per heavy atom. The van der Waals surface area contributed by atoms with Crippen LogP contribution in [0, 0.1) is 0 Å². The van der Waals surface area contributed by atoms with E-state index >= 15 is 0 Å². The number of rotatable bonds is 7. The van der Waals surface area contributed by atoms with Gasteiger partial charge in [-0.25, -0.2) is 0 Å². The topological polar surface area (TPSA) is 66.8 Å². The van der Waals surface area contributed by atoms with E-state index < -0.39 is 12.1 Å². The third kappa shape index (κ3) is 4.93. The highest BCUT2D eigenvalue weighted by Crippen LogP contribution is 2.21. The summed E-state index contributed by atoms with van der Waals surface area (Å²) in [6.07, 6.45) is -0.600. The number of carboxylic acid groups (broad SMARTS) is 1. The predicted molar refractivity (Wildman–Crippen MR) is 79.0 cm³/mol. The summed E-state index contributed by atoms with van der Waals surface area (Å²) >= 11 is 0. The SMILES string of the molecule is O=C(O)CCC(O)c1ccc(OCc2ccccc2)cc1. The number of hydrogen-bond donors (Lipinski definition) is 2. The molecule has 0 aliphatic heterocycles. The molecule has 2 aromatic carbocycles. The Morgan fingerprint density at radius 1 is 1.05 bits per heavy atom. The van der Waals surface area contributed by atoms with Crippen LogP contribution in [0.1, 0.15) is 30.1 Å². The van der Waals surface area contributed by atoms with Crippen molar-refractivity contribution in [3.63, 3.8) is 0 Å². The lowest BCUT2D eigenvalue weighted by molar-refractivity contribution is -0.137.